The lowest BCUT2D eigenvalue weighted by molar-refractivity contribution is -0.195. The minimum Gasteiger partial charge on any atom is -0.307 e. The first-order valence-corrected chi connectivity index (χ1v) is 12.8. The number of aromatic nitrogens is 1. The molecule has 0 aliphatic heterocycles. The molecule has 0 aliphatic carbocycles. The Kier molecular flexibility index (Phi) is 7.42. The van der Waals surface area contributed by atoms with Gasteiger partial charge in [0.25, 0.3) is 15.6 Å². The number of carbonyl (C=O) groups excluding carboxylic acids is 1. The van der Waals surface area contributed by atoms with Crippen molar-refractivity contribution in [1.82, 2.24) is 9.29 Å². The molecule has 2 aromatic heterocycles. The second-order valence-electron chi connectivity index (χ2n) is 6.77. The van der Waals surface area contributed by atoms with Crippen LogP contribution in [0.25, 0.3) is 16.5 Å². The summed E-state index contributed by atoms with van der Waals surface area (Å²) in [4.78, 5) is 29.7. The Labute approximate surface area is 210 Å². The van der Waals surface area contributed by atoms with Gasteiger partial charge in [0.15, 0.2) is 0 Å². The van der Waals surface area contributed by atoms with E-state index in [1.807, 2.05) is 4.72 Å². The summed E-state index contributed by atoms with van der Waals surface area (Å²) >= 11 is 7.30. The fraction of sp³-hybridized carbons (Fsp3) is 0. The summed E-state index contributed by atoms with van der Waals surface area (Å²) in [6, 6.07) is 11.6. The highest BCUT2D eigenvalue weighted by Crippen LogP contribution is 2.26. The van der Waals surface area contributed by atoms with Crippen LogP contribution in [0, 0.1) is 5.82 Å². The quantitative estimate of drug-likeness (QED) is 0.175. The van der Waals surface area contributed by atoms with E-state index in [1.54, 1.807) is 18.2 Å². The van der Waals surface area contributed by atoms with Crippen LogP contribution in [0.5, 0.6) is 0 Å². The van der Waals surface area contributed by atoms with Crippen LogP contribution in [0.1, 0.15) is 0 Å². The van der Waals surface area contributed by atoms with Gasteiger partial charge in [-0.25, -0.2) is 22.3 Å². The number of urea groups is 1. The number of halogens is 2. The molecular weight excluding hydrogens is 543 g/mol. The summed E-state index contributed by atoms with van der Waals surface area (Å²) in [5.41, 5.74) is -0.616. The summed E-state index contributed by atoms with van der Waals surface area (Å²) in [7, 11) is -4.15. The molecule has 0 atom stereocenters. The molecule has 2 aromatic carbocycles. The zero-order chi connectivity index (χ0) is 25.2. The van der Waals surface area contributed by atoms with Crippen molar-refractivity contribution in [3.63, 3.8) is 0 Å². The SMILES string of the molecule is NOOSc1ccc2ccn(-c3ccc(NC(=O)NS(=O)(=O)c4ccc(Cl)s4)cc3F)c(=O)c2c1. The van der Waals surface area contributed by atoms with Gasteiger partial charge in [0.1, 0.15) is 10.0 Å². The number of fused-ring (bicyclic) bond motifs is 1. The van der Waals surface area contributed by atoms with Crippen molar-refractivity contribution >= 4 is 67.5 Å². The van der Waals surface area contributed by atoms with E-state index in [0.29, 0.717) is 10.3 Å². The van der Waals surface area contributed by atoms with Crippen LogP contribution >= 0.6 is 35.0 Å². The molecule has 0 saturated carbocycles. The number of nitrogens with one attached hydrogen (secondary N) is 2. The second-order valence-corrected chi connectivity index (χ2v) is 11.2. The van der Waals surface area contributed by atoms with Gasteiger partial charge in [-0.15, -0.1) is 20.7 Å². The molecule has 15 heteroatoms. The third-order valence-electron chi connectivity index (χ3n) is 4.55. The Hall–Kier alpha value is -2.98. The van der Waals surface area contributed by atoms with Gasteiger partial charge in [0.2, 0.25) is 0 Å². The molecule has 0 aliphatic rings. The van der Waals surface area contributed by atoms with Crippen LogP contribution < -0.4 is 21.5 Å². The van der Waals surface area contributed by atoms with E-state index in [2.05, 4.69) is 14.6 Å². The number of hydrogen-bond acceptors (Lipinski definition) is 9. The molecule has 0 spiro atoms. The first-order chi connectivity index (χ1) is 16.7. The largest absolute Gasteiger partial charge is 0.333 e. The monoisotopic (exact) mass is 556 g/mol. The number of benzene rings is 2. The number of thiophene rings is 1. The van der Waals surface area contributed by atoms with Crippen molar-refractivity contribution in [2.75, 3.05) is 5.32 Å². The lowest BCUT2D eigenvalue weighted by atomic mass is 10.1. The maximum atomic E-state index is 14.9. The fourth-order valence-corrected chi connectivity index (χ4v) is 5.87. The second kappa shape index (κ2) is 10.3. The Balaban J connectivity index is 1.56. The lowest BCUT2D eigenvalue weighted by Gasteiger charge is -2.11. The average Bonchev–Trinajstić information content (AvgIpc) is 3.26. The molecule has 10 nitrogen and oxygen atoms in total. The summed E-state index contributed by atoms with van der Waals surface area (Å²) < 4.78 is 46.9. The van der Waals surface area contributed by atoms with Crippen molar-refractivity contribution in [3.8, 4) is 5.69 Å². The van der Waals surface area contributed by atoms with Gasteiger partial charge in [-0.3, -0.25) is 9.36 Å². The highest BCUT2D eigenvalue weighted by Gasteiger charge is 2.20. The number of nitrogens with two attached hydrogens (primary N) is 1. The molecule has 0 bridgehead atoms. The lowest BCUT2D eigenvalue weighted by Crippen LogP contribution is -2.34. The molecule has 0 saturated heterocycles. The number of rotatable bonds is 7. The summed E-state index contributed by atoms with van der Waals surface area (Å²) in [5.74, 6) is 3.99. The zero-order valence-corrected chi connectivity index (χ0v) is 20.4. The Morgan fingerprint density at radius 3 is 2.63 bits per heavy atom. The number of amides is 2. The van der Waals surface area contributed by atoms with Crippen LogP contribution in [0.15, 0.2) is 74.7 Å². The van der Waals surface area contributed by atoms with E-state index in [4.69, 9.17) is 17.5 Å². The normalized spacial score (nSPS) is 11.5. The molecule has 35 heavy (non-hydrogen) atoms. The topological polar surface area (TPSA) is 142 Å². The molecule has 2 amide bonds. The number of carbonyl (C=O) groups is 1. The minimum absolute atomic E-state index is 0.0328. The van der Waals surface area contributed by atoms with Crippen molar-refractivity contribution in [2.45, 2.75) is 9.10 Å². The molecule has 0 radical (unpaired) electrons. The maximum absolute atomic E-state index is 14.9. The molecule has 4 aromatic rings. The van der Waals surface area contributed by atoms with Crippen LogP contribution in [-0.4, -0.2) is 19.0 Å². The van der Waals surface area contributed by atoms with E-state index < -0.39 is 27.4 Å². The zero-order valence-electron chi connectivity index (χ0n) is 17.2. The summed E-state index contributed by atoms with van der Waals surface area (Å²) in [6.45, 7) is 0. The van der Waals surface area contributed by atoms with E-state index in [0.717, 1.165) is 34.0 Å². The van der Waals surface area contributed by atoms with Gasteiger partial charge in [-0.2, -0.15) is 5.90 Å². The van der Waals surface area contributed by atoms with Crippen LogP contribution in [0.4, 0.5) is 14.9 Å². The predicted molar refractivity (Wildman–Crippen MR) is 130 cm³/mol. The number of nitrogens with zero attached hydrogens (tertiary/aromatic N) is 1. The fourth-order valence-electron chi connectivity index (χ4n) is 3.07. The highest BCUT2D eigenvalue weighted by molar-refractivity contribution is 7.94. The summed E-state index contributed by atoms with van der Waals surface area (Å²) in [5, 5.41) is 3.15. The minimum atomic E-state index is -4.15. The van der Waals surface area contributed by atoms with Crippen molar-refractivity contribution < 1.29 is 26.9 Å². The molecule has 182 valence electrons. The van der Waals surface area contributed by atoms with E-state index in [9.17, 15) is 22.4 Å². The van der Waals surface area contributed by atoms with Crippen LogP contribution in [0.2, 0.25) is 4.34 Å². The molecule has 4 N–H and O–H groups in total. The van der Waals surface area contributed by atoms with Gasteiger partial charge in [0.05, 0.1) is 22.1 Å². The van der Waals surface area contributed by atoms with E-state index >= 15 is 0 Å². The summed E-state index contributed by atoms with van der Waals surface area (Å²) in [6.07, 6.45) is 1.41. The standard InChI is InChI=1S/C20H14ClFN4O6S3/c21-17-5-6-18(33-17)35(29,30)25-20(28)24-12-2-4-16(15(22)9-12)26-8-7-11-1-3-13(34-32-31-23)10-14(11)19(26)27/h1-10H,23H2,(H2,24,25,28). The predicted octanol–water partition coefficient (Wildman–Crippen LogP) is 4.18. The van der Waals surface area contributed by atoms with Gasteiger partial charge in [-0.05, 0) is 53.9 Å². The average molecular weight is 557 g/mol. The van der Waals surface area contributed by atoms with Crippen molar-refractivity contribution in [1.29, 1.82) is 0 Å². The van der Waals surface area contributed by atoms with Gasteiger partial charge in [-0.1, -0.05) is 17.7 Å². The smallest absolute Gasteiger partial charge is 0.307 e. The molecule has 2 heterocycles. The Morgan fingerprint density at radius 2 is 1.94 bits per heavy atom. The van der Waals surface area contributed by atoms with Gasteiger partial charge in [0, 0.05) is 22.2 Å². The van der Waals surface area contributed by atoms with E-state index in [-0.39, 0.29) is 25.3 Å². The number of hydrogen-bond donors (Lipinski definition) is 3. The third kappa shape index (κ3) is 5.65. The molecule has 4 rings (SSSR count). The molecule has 0 unspecified atom stereocenters. The third-order valence-corrected chi connectivity index (χ3v) is 8.20. The van der Waals surface area contributed by atoms with Crippen LogP contribution in [-0.2, 0) is 19.3 Å². The molecular formula is C20H14ClFN4O6S3. The number of pyridine rings is 1. The van der Waals surface area contributed by atoms with Crippen molar-refractivity contribution in [2.24, 2.45) is 5.90 Å². The maximum Gasteiger partial charge on any atom is 0.333 e. The molecule has 0 fully saturated rings. The van der Waals surface area contributed by atoms with Crippen LogP contribution in [0.3, 0.4) is 0 Å². The van der Waals surface area contributed by atoms with Crippen molar-refractivity contribution in [3.05, 3.63) is 81.3 Å². The first-order valence-electron chi connectivity index (χ1n) is 9.42. The van der Waals surface area contributed by atoms with Gasteiger partial charge >= 0.3 is 6.03 Å². The highest BCUT2D eigenvalue weighted by atomic mass is 35.5. The Bertz CT molecular complexity index is 1590. The first kappa shape index (κ1) is 25.1. The number of anilines is 1. The van der Waals surface area contributed by atoms with E-state index in [1.165, 1.54) is 36.5 Å². The number of sulfonamides is 1. The Morgan fingerprint density at radius 1 is 1.14 bits per heavy atom. The van der Waals surface area contributed by atoms with Gasteiger partial charge < -0.3 is 5.32 Å².